The van der Waals surface area contributed by atoms with Crippen LogP contribution in [0, 0.1) is 0 Å². The van der Waals surface area contributed by atoms with E-state index in [1.165, 1.54) is 0 Å². The third-order valence-electron chi connectivity index (χ3n) is 8.97. The van der Waals surface area contributed by atoms with Crippen LogP contribution in [0.4, 0.5) is 11.4 Å². The molecular weight excluding hydrogens is 552 g/mol. The molecule has 10 nitrogen and oxygen atoms in total. The topological polar surface area (TPSA) is 114 Å². The number of ether oxygens (including phenoxy) is 6. The molecule has 10 heteroatoms. The Bertz CT molecular complexity index is 1890. The minimum Gasteiger partial charge on any atom is -0.491 e. The average molecular weight is 577 g/mol. The lowest BCUT2D eigenvalue weighted by Gasteiger charge is -2.23. The molecule has 2 atom stereocenters. The van der Waals surface area contributed by atoms with Crippen molar-refractivity contribution in [3.63, 3.8) is 0 Å². The minimum absolute atomic E-state index is 0.0517. The summed E-state index contributed by atoms with van der Waals surface area (Å²) in [5, 5.41) is 5.91. The lowest BCUT2D eigenvalue weighted by molar-refractivity contribution is -0.120. The molecule has 10 rings (SSSR count). The monoisotopic (exact) mass is 576 g/mol. The van der Waals surface area contributed by atoms with Gasteiger partial charge in [-0.3, -0.25) is 9.59 Å². The van der Waals surface area contributed by atoms with E-state index in [1.807, 2.05) is 66.7 Å². The van der Waals surface area contributed by atoms with Gasteiger partial charge in [-0.15, -0.1) is 0 Å². The smallest absolute Gasteiger partial charge is 0.243 e. The molecule has 0 bridgehead atoms. The van der Waals surface area contributed by atoms with Gasteiger partial charge in [0.1, 0.15) is 48.8 Å². The molecule has 6 heterocycles. The van der Waals surface area contributed by atoms with E-state index in [2.05, 4.69) is 10.6 Å². The van der Waals surface area contributed by atoms with Crippen molar-refractivity contribution in [3.05, 3.63) is 95.1 Å². The molecule has 214 valence electrons. The largest absolute Gasteiger partial charge is 0.491 e. The van der Waals surface area contributed by atoms with Crippen LogP contribution in [0.2, 0.25) is 0 Å². The zero-order valence-electron chi connectivity index (χ0n) is 22.7. The van der Waals surface area contributed by atoms with Crippen molar-refractivity contribution in [3.8, 4) is 34.5 Å². The van der Waals surface area contributed by atoms with Gasteiger partial charge >= 0.3 is 0 Å². The number of amides is 2. The predicted molar refractivity (Wildman–Crippen MR) is 153 cm³/mol. The highest BCUT2D eigenvalue weighted by molar-refractivity contribution is 6.10. The average Bonchev–Trinajstić information content (AvgIpc) is 3.84. The Balaban J connectivity index is 0.000000121. The molecule has 6 aliphatic rings. The van der Waals surface area contributed by atoms with Gasteiger partial charge in [0, 0.05) is 34.6 Å². The SMILES string of the molecule is O=C1Nc2ccccc2C12COc1cc3c(cc12)OCO3.O=C1Nc2ccccc2[C@@]12COc1cc3c(cc12)OCCO3. The summed E-state index contributed by atoms with van der Waals surface area (Å²) in [6.45, 7) is 1.85. The standard InChI is InChI=1S/C17H13NO4.C16H11NO4/c19-16-17(10-3-1-2-4-12(10)18-16)9-22-13-8-15-14(7-11(13)17)20-5-6-21-15;18-15-16(9-3-1-2-4-11(9)17-15)7-19-12-6-14-13(5-10(12)16)20-8-21-14/h1-4,7-8H,5-6,9H2,(H,18,19);1-6H,7-8H2,(H,17,18)/t17-;/m1./s1. The first-order valence-electron chi connectivity index (χ1n) is 14.0. The van der Waals surface area contributed by atoms with Gasteiger partial charge in [0.25, 0.3) is 0 Å². The highest BCUT2D eigenvalue weighted by atomic mass is 16.7. The van der Waals surface area contributed by atoms with Crippen LogP contribution in [0.25, 0.3) is 0 Å². The second kappa shape index (κ2) is 8.57. The Morgan fingerprint density at radius 3 is 1.47 bits per heavy atom. The van der Waals surface area contributed by atoms with Gasteiger partial charge in [-0.1, -0.05) is 36.4 Å². The van der Waals surface area contributed by atoms with E-state index in [4.69, 9.17) is 28.4 Å². The van der Waals surface area contributed by atoms with Crippen LogP contribution in [0.3, 0.4) is 0 Å². The van der Waals surface area contributed by atoms with Gasteiger partial charge in [0.15, 0.2) is 23.0 Å². The van der Waals surface area contributed by atoms with E-state index in [-0.39, 0.29) is 18.6 Å². The summed E-state index contributed by atoms with van der Waals surface area (Å²) in [6.07, 6.45) is 0. The summed E-state index contributed by atoms with van der Waals surface area (Å²) in [5.74, 6) is 3.95. The first kappa shape index (κ1) is 24.2. The second-order valence-corrected chi connectivity index (χ2v) is 11.1. The summed E-state index contributed by atoms with van der Waals surface area (Å²) >= 11 is 0. The molecule has 0 saturated carbocycles. The Morgan fingerprint density at radius 1 is 0.488 bits per heavy atom. The molecule has 0 aliphatic carbocycles. The normalized spacial score (nSPS) is 23.7. The molecule has 6 aliphatic heterocycles. The molecule has 0 saturated heterocycles. The van der Waals surface area contributed by atoms with Crippen molar-refractivity contribution in [1.82, 2.24) is 0 Å². The van der Waals surface area contributed by atoms with E-state index >= 15 is 0 Å². The zero-order valence-corrected chi connectivity index (χ0v) is 22.7. The first-order chi connectivity index (χ1) is 21.1. The van der Waals surface area contributed by atoms with Gasteiger partial charge in [0.05, 0.1) is 0 Å². The molecule has 4 aromatic rings. The number of fused-ring (bicyclic) bond motifs is 10. The Hall–Kier alpha value is -5.38. The van der Waals surface area contributed by atoms with Crippen LogP contribution in [0.1, 0.15) is 22.3 Å². The molecule has 0 fully saturated rings. The van der Waals surface area contributed by atoms with Crippen molar-refractivity contribution < 1.29 is 38.0 Å². The lowest BCUT2D eigenvalue weighted by Crippen LogP contribution is -2.37. The predicted octanol–water partition coefficient (Wildman–Crippen LogP) is 4.13. The molecule has 2 amide bonds. The van der Waals surface area contributed by atoms with Gasteiger partial charge in [-0.05, 0) is 35.4 Å². The Kier molecular flexibility index (Phi) is 4.83. The second-order valence-electron chi connectivity index (χ2n) is 11.1. The number of carbonyl (C=O) groups is 2. The van der Waals surface area contributed by atoms with E-state index in [0.29, 0.717) is 60.9 Å². The summed E-state index contributed by atoms with van der Waals surface area (Å²) in [5.41, 5.74) is 3.71. The zero-order chi connectivity index (χ0) is 28.8. The first-order valence-corrected chi connectivity index (χ1v) is 14.0. The van der Waals surface area contributed by atoms with Crippen LogP contribution in [0.15, 0.2) is 72.8 Å². The molecule has 43 heavy (non-hydrogen) atoms. The quantitative estimate of drug-likeness (QED) is 0.321. The minimum atomic E-state index is -0.790. The fourth-order valence-corrected chi connectivity index (χ4v) is 6.88. The number of hydrogen-bond acceptors (Lipinski definition) is 8. The third-order valence-corrected chi connectivity index (χ3v) is 8.97. The van der Waals surface area contributed by atoms with Gasteiger partial charge in [-0.25, -0.2) is 0 Å². The fraction of sp³-hybridized carbons (Fsp3) is 0.212. The van der Waals surface area contributed by atoms with Gasteiger partial charge < -0.3 is 39.1 Å². The number of anilines is 2. The number of hydrogen-bond donors (Lipinski definition) is 2. The van der Waals surface area contributed by atoms with Crippen molar-refractivity contribution in [1.29, 1.82) is 0 Å². The van der Waals surface area contributed by atoms with Crippen molar-refractivity contribution in [2.75, 3.05) is 43.9 Å². The molecule has 2 N–H and O–H groups in total. The molecule has 0 radical (unpaired) electrons. The Labute approximate surface area is 245 Å². The van der Waals surface area contributed by atoms with Gasteiger partial charge in [-0.2, -0.15) is 0 Å². The van der Waals surface area contributed by atoms with Crippen molar-refractivity contribution in [2.24, 2.45) is 0 Å². The molecule has 0 aromatic heterocycles. The van der Waals surface area contributed by atoms with Gasteiger partial charge in [0.2, 0.25) is 18.6 Å². The van der Waals surface area contributed by atoms with E-state index < -0.39 is 10.8 Å². The maximum absolute atomic E-state index is 12.7. The highest BCUT2D eigenvalue weighted by Gasteiger charge is 2.55. The molecular formula is C33H24N2O8. The molecule has 4 aromatic carbocycles. The summed E-state index contributed by atoms with van der Waals surface area (Å²) in [4.78, 5) is 25.4. The van der Waals surface area contributed by atoms with Crippen molar-refractivity contribution >= 4 is 23.2 Å². The number of nitrogens with one attached hydrogen (secondary N) is 2. The summed E-state index contributed by atoms with van der Waals surface area (Å²) in [7, 11) is 0. The van der Waals surface area contributed by atoms with Crippen LogP contribution in [0.5, 0.6) is 34.5 Å². The van der Waals surface area contributed by atoms with Crippen LogP contribution in [-0.2, 0) is 20.4 Å². The van der Waals surface area contributed by atoms with Crippen LogP contribution in [-0.4, -0.2) is 45.0 Å². The van der Waals surface area contributed by atoms with Crippen LogP contribution < -0.4 is 39.1 Å². The van der Waals surface area contributed by atoms with E-state index in [9.17, 15) is 9.59 Å². The van der Waals surface area contributed by atoms with E-state index in [1.54, 1.807) is 6.07 Å². The van der Waals surface area contributed by atoms with Crippen molar-refractivity contribution in [2.45, 2.75) is 10.8 Å². The summed E-state index contributed by atoms with van der Waals surface area (Å²) in [6, 6.07) is 22.9. The summed E-state index contributed by atoms with van der Waals surface area (Å²) < 4.78 is 33.7. The third kappa shape index (κ3) is 3.17. The van der Waals surface area contributed by atoms with Crippen LogP contribution >= 0.6 is 0 Å². The molecule has 2 spiro atoms. The fourth-order valence-electron chi connectivity index (χ4n) is 6.88. The molecule has 1 unspecified atom stereocenters. The number of benzene rings is 4. The highest BCUT2D eigenvalue weighted by Crippen LogP contribution is 2.54. The van der Waals surface area contributed by atoms with E-state index in [0.717, 1.165) is 33.6 Å². The number of rotatable bonds is 0. The maximum Gasteiger partial charge on any atom is 0.243 e. The maximum atomic E-state index is 12.7. The lowest BCUT2D eigenvalue weighted by atomic mass is 9.77. The number of para-hydroxylation sites is 2. The number of carbonyl (C=O) groups excluding carboxylic acids is 2. The Morgan fingerprint density at radius 2 is 0.930 bits per heavy atom.